The number of amides is 1. The minimum Gasteiger partial charge on any atom is -0.336 e. The van der Waals surface area contributed by atoms with Gasteiger partial charge in [-0.2, -0.15) is 5.10 Å². The van der Waals surface area contributed by atoms with Crippen molar-refractivity contribution < 1.29 is 9.18 Å². The molecule has 0 radical (unpaired) electrons. The summed E-state index contributed by atoms with van der Waals surface area (Å²) in [6.45, 7) is 0. The molecule has 7 rings (SSSR count). The average Bonchev–Trinajstić information content (AvgIpc) is 3.62. The van der Waals surface area contributed by atoms with Crippen LogP contribution < -0.4 is 5.32 Å². The van der Waals surface area contributed by atoms with E-state index in [4.69, 9.17) is 4.98 Å². The van der Waals surface area contributed by atoms with E-state index in [-0.39, 0.29) is 18.1 Å². The van der Waals surface area contributed by atoms with E-state index in [1.165, 1.54) is 6.07 Å². The number of carbonyl (C=O) groups is 1. The molecule has 0 aliphatic carbocycles. The van der Waals surface area contributed by atoms with Gasteiger partial charge in [-0.05, 0) is 35.9 Å². The number of nitrogens with one attached hydrogen (secondary N) is 3. The molecule has 5 heterocycles. The van der Waals surface area contributed by atoms with Crippen LogP contribution in [0.3, 0.4) is 0 Å². The van der Waals surface area contributed by atoms with Crippen molar-refractivity contribution in [3.05, 3.63) is 109 Å². The molecular formula is C31H21FN8O. The molecule has 0 aliphatic rings. The Morgan fingerprint density at radius 1 is 0.878 bits per heavy atom. The third kappa shape index (κ3) is 4.67. The molecule has 0 saturated carbocycles. The van der Waals surface area contributed by atoms with Crippen molar-refractivity contribution in [3.63, 3.8) is 0 Å². The fraction of sp³-hybridized carbons (Fsp3) is 0.0323. The van der Waals surface area contributed by atoms with E-state index in [0.717, 1.165) is 22.0 Å². The van der Waals surface area contributed by atoms with Crippen LogP contribution in [-0.2, 0) is 11.2 Å². The third-order valence-corrected chi connectivity index (χ3v) is 6.73. The molecule has 198 valence electrons. The SMILES string of the molecule is O=C(Cc1ccccc1)Nc1cncc(-c2cc3c(-c4nc5c(-c6ccccc6F)nccc5[nH]4)n[nH]c3cn2)c1. The number of pyridine rings is 3. The highest BCUT2D eigenvalue weighted by atomic mass is 19.1. The molecular weight excluding hydrogens is 519 g/mol. The van der Waals surface area contributed by atoms with Crippen molar-refractivity contribution >= 4 is 33.5 Å². The van der Waals surface area contributed by atoms with Gasteiger partial charge in [-0.3, -0.25) is 24.8 Å². The number of halogens is 1. The molecule has 9 nitrogen and oxygen atoms in total. The molecule has 0 atom stereocenters. The number of H-pyrrole nitrogens is 2. The Morgan fingerprint density at radius 2 is 1.73 bits per heavy atom. The van der Waals surface area contributed by atoms with Crippen LogP contribution in [0, 0.1) is 5.82 Å². The van der Waals surface area contributed by atoms with E-state index in [2.05, 4.69) is 35.5 Å². The zero-order valence-corrected chi connectivity index (χ0v) is 21.5. The predicted octanol–water partition coefficient (Wildman–Crippen LogP) is 5.95. The van der Waals surface area contributed by atoms with Crippen LogP contribution in [0.5, 0.6) is 0 Å². The number of aromatic amines is 2. The number of carbonyl (C=O) groups excluding carboxylic acids is 1. The Hall–Kier alpha value is -5.77. The van der Waals surface area contributed by atoms with Gasteiger partial charge in [-0.15, -0.1) is 0 Å². The summed E-state index contributed by atoms with van der Waals surface area (Å²) >= 11 is 0. The lowest BCUT2D eigenvalue weighted by Gasteiger charge is -2.07. The van der Waals surface area contributed by atoms with Gasteiger partial charge in [0.25, 0.3) is 0 Å². The molecule has 0 unspecified atom stereocenters. The highest BCUT2D eigenvalue weighted by Gasteiger charge is 2.18. The van der Waals surface area contributed by atoms with Crippen molar-refractivity contribution in [1.29, 1.82) is 0 Å². The molecule has 2 aromatic carbocycles. The number of fused-ring (bicyclic) bond motifs is 2. The number of hydrogen-bond acceptors (Lipinski definition) is 6. The largest absolute Gasteiger partial charge is 0.336 e. The zero-order chi connectivity index (χ0) is 27.8. The number of nitrogens with zero attached hydrogens (tertiary/aromatic N) is 5. The first-order valence-electron chi connectivity index (χ1n) is 12.9. The molecule has 0 fully saturated rings. The van der Waals surface area contributed by atoms with E-state index in [0.29, 0.717) is 45.2 Å². The van der Waals surface area contributed by atoms with Gasteiger partial charge in [0.15, 0.2) is 5.82 Å². The average molecular weight is 541 g/mol. The lowest BCUT2D eigenvalue weighted by Crippen LogP contribution is -2.14. The van der Waals surface area contributed by atoms with Crippen molar-refractivity contribution in [2.75, 3.05) is 5.32 Å². The number of hydrogen-bond donors (Lipinski definition) is 3. The van der Waals surface area contributed by atoms with Crippen molar-refractivity contribution in [3.8, 4) is 34.0 Å². The molecule has 7 aromatic rings. The summed E-state index contributed by atoms with van der Waals surface area (Å²) in [5, 5.41) is 11.2. The first kappa shape index (κ1) is 24.3. The highest BCUT2D eigenvalue weighted by molar-refractivity contribution is 5.97. The minimum atomic E-state index is -0.370. The topological polar surface area (TPSA) is 125 Å². The maximum Gasteiger partial charge on any atom is 0.228 e. The van der Waals surface area contributed by atoms with Gasteiger partial charge in [0.2, 0.25) is 5.91 Å². The molecule has 0 saturated heterocycles. The van der Waals surface area contributed by atoms with Gasteiger partial charge in [0.1, 0.15) is 22.7 Å². The molecule has 10 heteroatoms. The highest BCUT2D eigenvalue weighted by Crippen LogP contribution is 2.32. The van der Waals surface area contributed by atoms with E-state index >= 15 is 0 Å². The molecule has 1 amide bonds. The third-order valence-electron chi connectivity index (χ3n) is 6.73. The maximum atomic E-state index is 14.6. The van der Waals surface area contributed by atoms with Gasteiger partial charge in [-0.1, -0.05) is 42.5 Å². The summed E-state index contributed by atoms with van der Waals surface area (Å²) in [7, 11) is 0. The van der Waals surface area contributed by atoms with Crippen molar-refractivity contribution in [2.45, 2.75) is 6.42 Å². The monoisotopic (exact) mass is 540 g/mol. The summed E-state index contributed by atoms with van der Waals surface area (Å²) in [4.78, 5) is 33.9. The summed E-state index contributed by atoms with van der Waals surface area (Å²) in [6, 6.07) is 21.5. The second-order valence-electron chi connectivity index (χ2n) is 9.48. The summed E-state index contributed by atoms with van der Waals surface area (Å²) in [6.07, 6.45) is 6.86. The van der Waals surface area contributed by atoms with E-state index in [9.17, 15) is 9.18 Å². The summed E-state index contributed by atoms with van der Waals surface area (Å²) in [5.41, 5.74) is 6.25. The summed E-state index contributed by atoms with van der Waals surface area (Å²) < 4.78 is 14.6. The Labute approximate surface area is 232 Å². The maximum absolute atomic E-state index is 14.6. The van der Waals surface area contributed by atoms with Crippen LogP contribution in [0.15, 0.2) is 97.6 Å². The molecule has 5 aromatic heterocycles. The number of imidazole rings is 1. The second-order valence-corrected chi connectivity index (χ2v) is 9.48. The molecule has 0 spiro atoms. The number of rotatable bonds is 6. The van der Waals surface area contributed by atoms with Gasteiger partial charge in [-0.25, -0.2) is 9.37 Å². The Kier molecular flexibility index (Phi) is 5.97. The fourth-order valence-electron chi connectivity index (χ4n) is 4.79. The number of benzene rings is 2. The first-order valence-corrected chi connectivity index (χ1v) is 12.9. The lowest BCUT2D eigenvalue weighted by molar-refractivity contribution is -0.115. The Bertz CT molecular complexity index is 2050. The van der Waals surface area contributed by atoms with Gasteiger partial charge >= 0.3 is 0 Å². The number of anilines is 1. The van der Waals surface area contributed by atoms with Crippen molar-refractivity contribution in [1.82, 2.24) is 35.1 Å². The molecule has 41 heavy (non-hydrogen) atoms. The van der Waals surface area contributed by atoms with Crippen molar-refractivity contribution in [2.24, 2.45) is 0 Å². The zero-order valence-electron chi connectivity index (χ0n) is 21.5. The van der Waals surface area contributed by atoms with Crippen LogP contribution in [0.1, 0.15) is 5.56 Å². The Balaban J connectivity index is 1.22. The van der Waals surface area contributed by atoms with Crippen LogP contribution in [0.25, 0.3) is 56.0 Å². The van der Waals surface area contributed by atoms with E-state index in [1.54, 1.807) is 49.1 Å². The van der Waals surface area contributed by atoms with Crippen LogP contribution in [0.2, 0.25) is 0 Å². The first-order chi connectivity index (χ1) is 20.1. The standard InChI is InChI=1S/C31H21FN8O/c32-23-9-5-4-8-21(23)28-30-24(10-11-34-28)37-31(38-30)29-22-14-25(35-17-26(22)39-40-29)19-13-20(16-33-15-19)36-27(41)12-18-6-2-1-3-7-18/h1-11,13-17H,12H2,(H,36,41)(H,37,38)(H,39,40). The normalized spacial score (nSPS) is 11.2. The van der Waals surface area contributed by atoms with Gasteiger partial charge in [0.05, 0.1) is 41.2 Å². The van der Waals surface area contributed by atoms with Crippen LogP contribution in [0.4, 0.5) is 10.1 Å². The van der Waals surface area contributed by atoms with Crippen LogP contribution in [-0.4, -0.2) is 41.0 Å². The fourth-order valence-corrected chi connectivity index (χ4v) is 4.79. The number of aromatic nitrogens is 7. The molecule has 3 N–H and O–H groups in total. The summed E-state index contributed by atoms with van der Waals surface area (Å²) in [5.74, 6) is 0.00364. The molecule has 0 aliphatic heterocycles. The smallest absolute Gasteiger partial charge is 0.228 e. The molecule has 0 bridgehead atoms. The minimum absolute atomic E-state index is 0.134. The quantitative estimate of drug-likeness (QED) is 0.240. The lowest BCUT2D eigenvalue weighted by atomic mass is 10.1. The van der Waals surface area contributed by atoms with E-state index in [1.807, 2.05) is 42.5 Å². The Morgan fingerprint density at radius 3 is 2.61 bits per heavy atom. The van der Waals surface area contributed by atoms with Gasteiger partial charge < -0.3 is 10.3 Å². The van der Waals surface area contributed by atoms with Gasteiger partial charge in [0, 0.05) is 28.9 Å². The van der Waals surface area contributed by atoms with Crippen LogP contribution >= 0.6 is 0 Å². The predicted molar refractivity (Wildman–Crippen MR) is 154 cm³/mol. The second kappa shape index (κ2) is 10.1. The van der Waals surface area contributed by atoms with E-state index < -0.39 is 0 Å².